The Morgan fingerprint density at radius 2 is 1.52 bits per heavy atom. The zero-order valence-corrected chi connectivity index (χ0v) is 20.0. The van der Waals surface area contributed by atoms with Gasteiger partial charge in [0.25, 0.3) is 0 Å². The van der Waals surface area contributed by atoms with E-state index >= 15 is 0 Å². The molecule has 2 atom stereocenters. The molecule has 170 valence electrons. The number of carbonyl (C=O) groups excluding carboxylic acids is 2. The van der Waals surface area contributed by atoms with E-state index in [0.717, 1.165) is 27.2 Å². The summed E-state index contributed by atoms with van der Waals surface area (Å²) in [6.07, 6.45) is 0.0955. The zero-order valence-electron chi connectivity index (χ0n) is 18.5. The van der Waals surface area contributed by atoms with Gasteiger partial charge in [0.2, 0.25) is 11.8 Å². The summed E-state index contributed by atoms with van der Waals surface area (Å²) < 4.78 is 11.4. The number of anilines is 2. The first kappa shape index (κ1) is 22.9. The smallest absolute Gasteiger partial charge is 0.231 e. The number of hydrogen-bond acceptors (Lipinski definition) is 4. The fraction of sp³-hybridized carbons (Fsp3) is 0.231. The lowest BCUT2D eigenvalue weighted by Crippen LogP contribution is -2.29. The Morgan fingerprint density at radius 1 is 0.939 bits per heavy atom. The van der Waals surface area contributed by atoms with E-state index in [-0.39, 0.29) is 24.2 Å². The lowest BCUT2D eigenvalue weighted by Gasteiger charge is -2.17. The number of halogens is 1. The number of carbonyl (C=O) groups is 2. The van der Waals surface area contributed by atoms with Crippen LogP contribution in [0.15, 0.2) is 77.3 Å². The number of hydrogen-bond donors (Lipinski definition) is 1. The third-order valence-electron chi connectivity index (χ3n) is 5.91. The van der Waals surface area contributed by atoms with Gasteiger partial charge in [-0.2, -0.15) is 0 Å². The molecule has 2 amide bonds. The summed E-state index contributed by atoms with van der Waals surface area (Å²) in [4.78, 5) is 28.1. The molecule has 0 radical (unpaired) electrons. The van der Waals surface area contributed by atoms with Gasteiger partial charge in [-0.3, -0.25) is 9.59 Å². The highest BCUT2D eigenvalue weighted by atomic mass is 79.9. The molecule has 0 spiro atoms. The highest BCUT2D eigenvalue weighted by molar-refractivity contribution is 9.10. The molecule has 1 fully saturated rings. The number of benzene rings is 3. The predicted octanol–water partition coefficient (Wildman–Crippen LogP) is 5.24. The van der Waals surface area contributed by atoms with Crippen molar-refractivity contribution in [3.63, 3.8) is 0 Å². The van der Waals surface area contributed by atoms with Gasteiger partial charge in [0, 0.05) is 34.7 Å². The lowest BCUT2D eigenvalue weighted by atomic mass is 9.86. The summed E-state index contributed by atoms with van der Waals surface area (Å²) in [5, 5.41) is 2.91. The number of ether oxygens (including phenoxy) is 2. The minimum atomic E-state index is -0.476. The second kappa shape index (κ2) is 10.1. The lowest BCUT2D eigenvalue weighted by molar-refractivity contribution is -0.125. The van der Waals surface area contributed by atoms with Crippen molar-refractivity contribution in [2.24, 2.45) is 5.92 Å². The van der Waals surface area contributed by atoms with Crippen LogP contribution in [-0.4, -0.2) is 32.6 Å². The Labute approximate surface area is 201 Å². The van der Waals surface area contributed by atoms with Crippen molar-refractivity contribution in [3.8, 4) is 11.5 Å². The van der Waals surface area contributed by atoms with E-state index < -0.39 is 5.92 Å². The van der Waals surface area contributed by atoms with Gasteiger partial charge in [0.15, 0.2) is 0 Å². The van der Waals surface area contributed by atoms with E-state index in [1.807, 2.05) is 72.8 Å². The second-order valence-electron chi connectivity index (χ2n) is 7.89. The van der Waals surface area contributed by atoms with Crippen molar-refractivity contribution < 1.29 is 19.1 Å². The Kier molecular flexibility index (Phi) is 6.99. The highest BCUT2D eigenvalue weighted by Gasteiger charge is 2.42. The molecule has 3 aromatic rings. The molecule has 7 heteroatoms. The number of nitrogens with zero attached hydrogens (tertiary/aromatic N) is 1. The first-order valence-corrected chi connectivity index (χ1v) is 11.4. The van der Waals surface area contributed by atoms with Crippen molar-refractivity contribution >= 4 is 39.1 Å². The Balaban J connectivity index is 1.58. The first-order chi connectivity index (χ1) is 16.0. The number of rotatable bonds is 7. The molecular weight excluding hydrogens is 484 g/mol. The fourth-order valence-corrected chi connectivity index (χ4v) is 4.41. The topological polar surface area (TPSA) is 67.9 Å². The molecule has 1 N–H and O–H groups in total. The quantitative estimate of drug-likeness (QED) is 0.473. The number of methoxy groups -OCH3 is 2. The van der Waals surface area contributed by atoms with E-state index in [1.54, 1.807) is 19.1 Å². The van der Waals surface area contributed by atoms with Crippen molar-refractivity contribution in [1.82, 2.24) is 0 Å². The molecule has 4 rings (SSSR count). The van der Waals surface area contributed by atoms with Crippen LogP contribution in [0.5, 0.6) is 11.5 Å². The molecule has 0 aliphatic carbocycles. The van der Waals surface area contributed by atoms with Crippen LogP contribution in [0, 0.1) is 5.92 Å². The van der Waals surface area contributed by atoms with Crippen LogP contribution in [0.25, 0.3) is 0 Å². The molecule has 0 aromatic heterocycles. The van der Waals surface area contributed by atoms with Crippen LogP contribution < -0.4 is 19.7 Å². The third kappa shape index (κ3) is 5.20. The van der Waals surface area contributed by atoms with Crippen LogP contribution in [0.2, 0.25) is 0 Å². The fourth-order valence-electron chi connectivity index (χ4n) is 4.14. The van der Waals surface area contributed by atoms with Gasteiger partial charge in [-0.25, -0.2) is 0 Å². The molecule has 1 saturated heterocycles. The largest absolute Gasteiger partial charge is 0.497 e. The van der Waals surface area contributed by atoms with E-state index in [2.05, 4.69) is 21.2 Å². The average Bonchev–Trinajstić information content (AvgIpc) is 3.16. The number of nitrogens with one attached hydrogen (secondary N) is 1. The van der Waals surface area contributed by atoms with E-state index in [1.165, 1.54) is 0 Å². The van der Waals surface area contributed by atoms with Crippen molar-refractivity contribution in [2.45, 2.75) is 12.3 Å². The van der Waals surface area contributed by atoms with E-state index in [4.69, 9.17) is 9.47 Å². The standard InChI is InChI=1S/C26H25BrN2O4/c1-32-21-11-3-17(4-12-21)24-16-29(20-9-13-22(33-2)14-10-20)26(31)23(24)15-25(30)28-19-7-5-18(27)6-8-19/h3-14,23-24H,15-16H2,1-2H3,(H,28,30)/t23-,24-/m1/s1. The normalized spacial score (nSPS) is 17.7. The SMILES string of the molecule is COc1ccc([C@H]2CN(c3ccc(OC)cc3)C(=O)[C@@H]2CC(=O)Nc2ccc(Br)cc2)cc1. The van der Waals surface area contributed by atoms with Crippen LogP contribution in [-0.2, 0) is 9.59 Å². The van der Waals surface area contributed by atoms with Crippen molar-refractivity contribution in [1.29, 1.82) is 0 Å². The van der Waals surface area contributed by atoms with Gasteiger partial charge >= 0.3 is 0 Å². The first-order valence-electron chi connectivity index (χ1n) is 10.6. The molecule has 33 heavy (non-hydrogen) atoms. The highest BCUT2D eigenvalue weighted by Crippen LogP contribution is 2.39. The molecule has 1 heterocycles. The van der Waals surface area contributed by atoms with Crippen molar-refractivity contribution in [3.05, 3.63) is 82.8 Å². The Hall–Kier alpha value is -3.32. The summed E-state index contributed by atoms with van der Waals surface area (Å²) in [6, 6.07) is 22.5. The maximum Gasteiger partial charge on any atom is 0.231 e. The van der Waals surface area contributed by atoms with Crippen molar-refractivity contribution in [2.75, 3.05) is 31.0 Å². The second-order valence-corrected chi connectivity index (χ2v) is 8.81. The molecule has 6 nitrogen and oxygen atoms in total. The predicted molar refractivity (Wildman–Crippen MR) is 132 cm³/mol. The molecule has 3 aromatic carbocycles. The van der Waals surface area contributed by atoms with Gasteiger partial charge in [0.1, 0.15) is 11.5 Å². The van der Waals surface area contributed by atoms with Gasteiger partial charge in [0.05, 0.1) is 20.1 Å². The molecular formula is C26H25BrN2O4. The van der Waals surface area contributed by atoms with E-state index in [9.17, 15) is 9.59 Å². The van der Waals surface area contributed by atoms with Gasteiger partial charge in [-0.05, 0) is 66.2 Å². The number of amides is 2. The Bertz CT molecular complexity index is 1110. The average molecular weight is 509 g/mol. The maximum absolute atomic E-state index is 13.5. The summed E-state index contributed by atoms with van der Waals surface area (Å²) in [5.41, 5.74) is 2.48. The van der Waals surface area contributed by atoms with Crippen LogP contribution in [0.1, 0.15) is 17.9 Å². The third-order valence-corrected chi connectivity index (χ3v) is 6.44. The van der Waals surface area contributed by atoms with Gasteiger partial charge < -0.3 is 19.7 Å². The molecule has 0 unspecified atom stereocenters. The molecule has 0 saturated carbocycles. The summed E-state index contributed by atoms with van der Waals surface area (Å²) >= 11 is 3.39. The van der Waals surface area contributed by atoms with Gasteiger partial charge in [-0.15, -0.1) is 0 Å². The molecule has 1 aliphatic heterocycles. The van der Waals surface area contributed by atoms with Gasteiger partial charge in [-0.1, -0.05) is 28.1 Å². The summed E-state index contributed by atoms with van der Waals surface area (Å²) in [7, 11) is 3.23. The monoisotopic (exact) mass is 508 g/mol. The minimum absolute atomic E-state index is 0.0630. The molecule has 1 aliphatic rings. The maximum atomic E-state index is 13.5. The molecule has 0 bridgehead atoms. The van der Waals surface area contributed by atoms with Crippen LogP contribution in [0.3, 0.4) is 0 Å². The minimum Gasteiger partial charge on any atom is -0.497 e. The summed E-state index contributed by atoms with van der Waals surface area (Å²) in [6.45, 7) is 0.494. The van der Waals surface area contributed by atoms with E-state index in [0.29, 0.717) is 12.2 Å². The van der Waals surface area contributed by atoms with Crippen LogP contribution >= 0.6 is 15.9 Å². The summed E-state index contributed by atoms with van der Waals surface area (Å²) in [5.74, 6) is 0.622. The van der Waals surface area contributed by atoms with Crippen LogP contribution in [0.4, 0.5) is 11.4 Å². The Morgan fingerprint density at radius 3 is 2.09 bits per heavy atom. The zero-order chi connectivity index (χ0) is 23.4.